The summed E-state index contributed by atoms with van der Waals surface area (Å²) in [6.45, 7) is 6.14. The topological polar surface area (TPSA) is 78.5 Å². The Morgan fingerprint density at radius 2 is 2.09 bits per heavy atom. The first-order chi connectivity index (χ1) is 11.0. The van der Waals surface area contributed by atoms with Gasteiger partial charge in [-0.25, -0.2) is 8.42 Å². The van der Waals surface area contributed by atoms with E-state index in [9.17, 15) is 13.2 Å². The maximum atomic E-state index is 12.5. The summed E-state index contributed by atoms with van der Waals surface area (Å²) in [5.74, 6) is -0.227. The van der Waals surface area contributed by atoms with Crippen molar-refractivity contribution in [1.29, 1.82) is 0 Å². The standard InChI is InChI=1S/C16H25N3O3S/c1-3-19(4-2)23(21,22)15-9-5-7-13(11-15)16(20)18-14-8-6-10-17-12-14/h5,7,9,11,14,17H,3-4,6,8,10,12H2,1-2H3,(H,18,20)/t14-/m0/s1. The lowest BCUT2D eigenvalue weighted by molar-refractivity contribution is 0.0930. The van der Waals surface area contributed by atoms with Gasteiger partial charge in [-0.05, 0) is 37.6 Å². The molecule has 2 rings (SSSR count). The number of piperidine rings is 1. The van der Waals surface area contributed by atoms with E-state index >= 15 is 0 Å². The summed E-state index contributed by atoms with van der Waals surface area (Å²) in [4.78, 5) is 12.5. The van der Waals surface area contributed by atoms with Crippen molar-refractivity contribution in [3.63, 3.8) is 0 Å². The Hall–Kier alpha value is -1.44. The zero-order chi connectivity index (χ0) is 16.9. The van der Waals surface area contributed by atoms with Gasteiger partial charge in [0.2, 0.25) is 10.0 Å². The van der Waals surface area contributed by atoms with E-state index in [4.69, 9.17) is 0 Å². The van der Waals surface area contributed by atoms with Crippen LogP contribution in [-0.4, -0.2) is 50.9 Å². The second-order valence-electron chi connectivity index (χ2n) is 5.63. The Labute approximate surface area is 138 Å². The molecule has 1 aromatic rings. The van der Waals surface area contributed by atoms with Crippen molar-refractivity contribution in [3.05, 3.63) is 29.8 Å². The number of amides is 1. The molecule has 1 amide bonds. The van der Waals surface area contributed by atoms with Gasteiger partial charge in [-0.15, -0.1) is 0 Å². The van der Waals surface area contributed by atoms with Crippen LogP contribution < -0.4 is 10.6 Å². The number of benzene rings is 1. The Morgan fingerprint density at radius 1 is 1.35 bits per heavy atom. The van der Waals surface area contributed by atoms with E-state index in [0.717, 1.165) is 25.9 Å². The molecule has 0 spiro atoms. The molecule has 1 fully saturated rings. The lowest BCUT2D eigenvalue weighted by atomic mass is 10.1. The van der Waals surface area contributed by atoms with Gasteiger partial charge in [0.25, 0.3) is 5.91 Å². The Kier molecular flexibility index (Phi) is 6.15. The average Bonchev–Trinajstić information content (AvgIpc) is 2.57. The highest BCUT2D eigenvalue weighted by molar-refractivity contribution is 7.89. The van der Waals surface area contributed by atoms with Crippen LogP contribution in [0.1, 0.15) is 37.0 Å². The van der Waals surface area contributed by atoms with Crippen LogP contribution in [0.25, 0.3) is 0 Å². The van der Waals surface area contributed by atoms with E-state index in [1.165, 1.54) is 16.4 Å². The van der Waals surface area contributed by atoms with Crippen molar-refractivity contribution in [2.24, 2.45) is 0 Å². The fourth-order valence-corrected chi connectivity index (χ4v) is 4.26. The summed E-state index contributed by atoms with van der Waals surface area (Å²) in [6, 6.07) is 6.35. The minimum Gasteiger partial charge on any atom is -0.348 e. The van der Waals surface area contributed by atoms with Crippen LogP contribution in [0.2, 0.25) is 0 Å². The first-order valence-corrected chi connectivity index (χ1v) is 9.54. The molecule has 6 nitrogen and oxygen atoms in total. The normalized spacial score (nSPS) is 18.8. The first-order valence-electron chi connectivity index (χ1n) is 8.10. The van der Waals surface area contributed by atoms with E-state index in [1.807, 2.05) is 0 Å². The Balaban J connectivity index is 2.17. The summed E-state index contributed by atoms with van der Waals surface area (Å²) >= 11 is 0. The van der Waals surface area contributed by atoms with E-state index in [2.05, 4.69) is 10.6 Å². The molecule has 1 heterocycles. The number of rotatable bonds is 6. The van der Waals surface area contributed by atoms with E-state index < -0.39 is 10.0 Å². The quantitative estimate of drug-likeness (QED) is 0.816. The molecule has 128 valence electrons. The Bertz CT molecular complexity index is 636. The summed E-state index contributed by atoms with van der Waals surface area (Å²) < 4.78 is 26.5. The molecule has 0 unspecified atom stereocenters. The molecule has 0 aromatic heterocycles. The highest BCUT2D eigenvalue weighted by atomic mass is 32.2. The maximum absolute atomic E-state index is 12.5. The number of sulfonamides is 1. The molecular weight excluding hydrogens is 314 g/mol. The second kappa shape index (κ2) is 7.90. The predicted octanol–water partition coefficient (Wildman–Crippen LogP) is 1.20. The summed E-state index contributed by atoms with van der Waals surface area (Å²) in [7, 11) is -3.55. The van der Waals surface area contributed by atoms with Crippen molar-refractivity contribution in [2.75, 3.05) is 26.2 Å². The third kappa shape index (κ3) is 4.31. The van der Waals surface area contributed by atoms with Gasteiger partial charge in [0.05, 0.1) is 4.90 Å². The number of carbonyl (C=O) groups is 1. The molecule has 1 aliphatic rings. The van der Waals surface area contributed by atoms with Gasteiger partial charge in [0.1, 0.15) is 0 Å². The van der Waals surface area contributed by atoms with Crippen LogP contribution >= 0.6 is 0 Å². The third-order valence-corrected chi connectivity index (χ3v) is 6.12. The number of nitrogens with zero attached hydrogens (tertiary/aromatic N) is 1. The summed E-state index contributed by atoms with van der Waals surface area (Å²) in [5.41, 5.74) is 0.379. The van der Waals surface area contributed by atoms with Crippen LogP contribution in [0.15, 0.2) is 29.2 Å². The molecule has 23 heavy (non-hydrogen) atoms. The monoisotopic (exact) mass is 339 g/mol. The van der Waals surface area contributed by atoms with Crippen molar-refractivity contribution in [2.45, 2.75) is 37.6 Å². The van der Waals surface area contributed by atoms with Crippen LogP contribution in [0.4, 0.5) is 0 Å². The van der Waals surface area contributed by atoms with E-state index in [-0.39, 0.29) is 16.8 Å². The highest BCUT2D eigenvalue weighted by Gasteiger charge is 2.23. The Morgan fingerprint density at radius 3 is 2.70 bits per heavy atom. The van der Waals surface area contributed by atoms with Gasteiger partial charge in [0, 0.05) is 31.2 Å². The van der Waals surface area contributed by atoms with Gasteiger partial charge in [-0.2, -0.15) is 4.31 Å². The third-order valence-electron chi connectivity index (χ3n) is 4.07. The number of nitrogens with one attached hydrogen (secondary N) is 2. The smallest absolute Gasteiger partial charge is 0.251 e. The molecular formula is C16H25N3O3S. The summed E-state index contributed by atoms with van der Waals surface area (Å²) in [6.07, 6.45) is 1.97. The summed E-state index contributed by atoms with van der Waals surface area (Å²) in [5, 5.41) is 6.20. The molecule has 1 atom stereocenters. The van der Waals surface area contributed by atoms with E-state index in [1.54, 1.807) is 26.0 Å². The molecule has 7 heteroatoms. The zero-order valence-electron chi connectivity index (χ0n) is 13.7. The molecule has 0 radical (unpaired) electrons. The average molecular weight is 339 g/mol. The fraction of sp³-hybridized carbons (Fsp3) is 0.562. The minimum atomic E-state index is -3.55. The van der Waals surface area contributed by atoms with Crippen LogP contribution in [0.3, 0.4) is 0 Å². The van der Waals surface area contributed by atoms with Crippen molar-refractivity contribution in [1.82, 2.24) is 14.9 Å². The van der Waals surface area contributed by atoms with Gasteiger partial charge in [-0.1, -0.05) is 19.9 Å². The number of hydrogen-bond donors (Lipinski definition) is 2. The molecule has 1 aliphatic heterocycles. The SMILES string of the molecule is CCN(CC)S(=O)(=O)c1cccc(C(=O)N[C@H]2CCCNC2)c1. The minimum absolute atomic E-state index is 0.0966. The van der Waals surface area contributed by atoms with E-state index in [0.29, 0.717) is 18.7 Å². The zero-order valence-corrected chi connectivity index (χ0v) is 14.5. The van der Waals surface area contributed by atoms with Crippen molar-refractivity contribution in [3.8, 4) is 0 Å². The second-order valence-corrected chi connectivity index (χ2v) is 7.57. The van der Waals surface area contributed by atoms with Crippen LogP contribution in [0, 0.1) is 0 Å². The van der Waals surface area contributed by atoms with Gasteiger partial charge in [-0.3, -0.25) is 4.79 Å². The molecule has 0 bridgehead atoms. The maximum Gasteiger partial charge on any atom is 0.251 e. The van der Waals surface area contributed by atoms with Gasteiger partial charge in [0.15, 0.2) is 0 Å². The van der Waals surface area contributed by atoms with Crippen molar-refractivity contribution < 1.29 is 13.2 Å². The van der Waals surface area contributed by atoms with Crippen LogP contribution in [0.5, 0.6) is 0 Å². The van der Waals surface area contributed by atoms with Gasteiger partial charge >= 0.3 is 0 Å². The van der Waals surface area contributed by atoms with Gasteiger partial charge < -0.3 is 10.6 Å². The lowest BCUT2D eigenvalue weighted by Crippen LogP contribution is -2.45. The lowest BCUT2D eigenvalue weighted by Gasteiger charge is -2.24. The fourth-order valence-electron chi connectivity index (χ4n) is 2.75. The highest BCUT2D eigenvalue weighted by Crippen LogP contribution is 2.17. The largest absolute Gasteiger partial charge is 0.348 e. The molecule has 0 aliphatic carbocycles. The predicted molar refractivity (Wildman–Crippen MR) is 89.9 cm³/mol. The molecule has 1 saturated heterocycles. The molecule has 2 N–H and O–H groups in total. The first kappa shape index (κ1) is 17.9. The molecule has 1 aromatic carbocycles. The van der Waals surface area contributed by atoms with Crippen LogP contribution in [-0.2, 0) is 10.0 Å². The number of hydrogen-bond acceptors (Lipinski definition) is 4. The number of carbonyl (C=O) groups excluding carboxylic acids is 1. The van der Waals surface area contributed by atoms with Crippen molar-refractivity contribution >= 4 is 15.9 Å². The molecule has 0 saturated carbocycles.